The molecule has 230 valence electrons. The van der Waals surface area contributed by atoms with Crippen molar-refractivity contribution in [2.75, 3.05) is 0 Å². The van der Waals surface area contributed by atoms with Gasteiger partial charge in [0, 0.05) is 16.7 Å². The van der Waals surface area contributed by atoms with Crippen molar-refractivity contribution >= 4 is 0 Å². The molecule has 0 unspecified atom stereocenters. The molecule has 0 atom stereocenters. The summed E-state index contributed by atoms with van der Waals surface area (Å²) in [6.45, 7) is 0. The van der Waals surface area contributed by atoms with Crippen molar-refractivity contribution < 1.29 is 0 Å². The Morgan fingerprint density at radius 1 is 0.306 bits per heavy atom. The highest BCUT2D eigenvalue weighted by molar-refractivity contribution is 5.96. The molecule has 3 nitrogen and oxygen atoms in total. The number of rotatable bonds is 6. The number of aromatic nitrogens is 3. The van der Waals surface area contributed by atoms with Gasteiger partial charge in [0.2, 0.25) is 0 Å². The van der Waals surface area contributed by atoms with E-state index in [4.69, 9.17) is 15.0 Å². The monoisotopic (exact) mass is 625 g/mol. The van der Waals surface area contributed by atoms with Gasteiger partial charge in [0.1, 0.15) is 0 Å². The third-order valence-electron chi connectivity index (χ3n) is 9.61. The average molecular weight is 626 g/mol. The van der Waals surface area contributed by atoms with Crippen molar-refractivity contribution in [2.45, 2.75) is 5.41 Å². The fraction of sp³-hybridized carbons (Fsp3) is 0.0217. The van der Waals surface area contributed by atoms with Crippen molar-refractivity contribution in [3.8, 4) is 56.4 Å². The number of fused-ring (bicyclic) bond motifs is 3. The van der Waals surface area contributed by atoms with Crippen LogP contribution in [0.3, 0.4) is 0 Å². The number of benzene rings is 7. The lowest BCUT2D eigenvalue weighted by Gasteiger charge is -2.34. The predicted molar refractivity (Wildman–Crippen MR) is 199 cm³/mol. The van der Waals surface area contributed by atoms with Gasteiger partial charge < -0.3 is 0 Å². The van der Waals surface area contributed by atoms with Crippen LogP contribution in [0.25, 0.3) is 56.4 Å². The Hall–Kier alpha value is -6.45. The van der Waals surface area contributed by atoms with Gasteiger partial charge in [-0.3, -0.25) is 0 Å². The van der Waals surface area contributed by atoms with Crippen LogP contribution in [0.2, 0.25) is 0 Å². The van der Waals surface area contributed by atoms with Crippen molar-refractivity contribution in [2.24, 2.45) is 0 Å². The lowest BCUT2D eigenvalue weighted by molar-refractivity contribution is 0.768. The topological polar surface area (TPSA) is 38.7 Å². The molecule has 1 aromatic heterocycles. The smallest absolute Gasteiger partial charge is 0.164 e. The highest BCUT2D eigenvalue weighted by Crippen LogP contribution is 2.58. The first-order chi connectivity index (χ1) is 24.3. The van der Waals surface area contributed by atoms with Gasteiger partial charge in [-0.15, -0.1) is 0 Å². The molecule has 0 saturated heterocycles. The van der Waals surface area contributed by atoms with E-state index in [1.807, 2.05) is 60.7 Å². The van der Waals surface area contributed by atoms with E-state index in [1.165, 1.54) is 38.9 Å². The minimum atomic E-state index is -0.453. The van der Waals surface area contributed by atoms with Gasteiger partial charge in [-0.2, -0.15) is 0 Å². The van der Waals surface area contributed by atoms with Gasteiger partial charge in [0.05, 0.1) is 5.41 Å². The molecule has 0 N–H and O–H groups in total. The van der Waals surface area contributed by atoms with Gasteiger partial charge in [-0.05, 0) is 50.6 Å². The highest BCUT2D eigenvalue weighted by Gasteiger charge is 2.46. The van der Waals surface area contributed by atoms with Crippen molar-refractivity contribution in [1.82, 2.24) is 15.0 Å². The van der Waals surface area contributed by atoms with Gasteiger partial charge in [0.25, 0.3) is 0 Å². The molecular formula is C46H31N3. The Balaban J connectivity index is 1.26. The Labute approximate surface area is 286 Å². The van der Waals surface area contributed by atoms with E-state index < -0.39 is 5.41 Å². The first-order valence-corrected chi connectivity index (χ1v) is 16.6. The second-order valence-electron chi connectivity index (χ2n) is 12.4. The molecule has 1 aliphatic carbocycles. The van der Waals surface area contributed by atoms with E-state index in [1.54, 1.807) is 0 Å². The Morgan fingerprint density at radius 3 is 1.31 bits per heavy atom. The normalized spacial score (nSPS) is 12.7. The molecule has 1 heterocycles. The molecule has 0 aliphatic heterocycles. The first kappa shape index (κ1) is 28.7. The van der Waals surface area contributed by atoms with E-state index >= 15 is 0 Å². The summed E-state index contributed by atoms with van der Waals surface area (Å²) >= 11 is 0. The van der Waals surface area contributed by atoms with Crippen LogP contribution in [0, 0.1) is 0 Å². The summed E-state index contributed by atoms with van der Waals surface area (Å²) in [5, 5.41) is 0. The molecule has 0 bridgehead atoms. The summed E-state index contributed by atoms with van der Waals surface area (Å²) in [4.78, 5) is 14.9. The molecule has 3 heteroatoms. The van der Waals surface area contributed by atoms with Crippen molar-refractivity contribution in [1.29, 1.82) is 0 Å². The van der Waals surface area contributed by atoms with E-state index in [0.29, 0.717) is 17.5 Å². The summed E-state index contributed by atoms with van der Waals surface area (Å²) < 4.78 is 0. The molecule has 49 heavy (non-hydrogen) atoms. The molecule has 7 aromatic carbocycles. The van der Waals surface area contributed by atoms with Crippen molar-refractivity contribution in [3.63, 3.8) is 0 Å². The summed E-state index contributed by atoms with van der Waals surface area (Å²) in [7, 11) is 0. The van der Waals surface area contributed by atoms with Crippen LogP contribution < -0.4 is 0 Å². The van der Waals surface area contributed by atoms with E-state index in [2.05, 4.69) is 127 Å². The maximum atomic E-state index is 5.02. The molecule has 0 saturated carbocycles. The van der Waals surface area contributed by atoms with E-state index in [-0.39, 0.29) is 0 Å². The molecule has 1 aliphatic rings. The zero-order chi connectivity index (χ0) is 32.6. The SMILES string of the molecule is c1ccc(-c2nc(-c3ccccc3)nc(-c3cccc(-c4cccc5c4-c4ccccc4C5(c4ccccc4)c4ccccc4)c3)n2)cc1. The maximum Gasteiger partial charge on any atom is 0.164 e. The van der Waals surface area contributed by atoms with Gasteiger partial charge in [-0.25, -0.2) is 15.0 Å². The second kappa shape index (κ2) is 12.0. The fourth-order valence-corrected chi connectivity index (χ4v) is 7.50. The third-order valence-corrected chi connectivity index (χ3v) is 9.61. The van der Waals surface area contributed by atoms with Crippen LogP contribution in [0.4, 0.5) is 0 Å². The number of nitrogens with zero attached hydrogens (tertiary/aromatic N) is 3. The molecule has 0 fully saturated rings. The van der Waals surface area contributed by atoms with Crippen LogP contribution in [-0.2, 0) is 5.41 Å². The van der Waals surface area contributed by atoms with Crippen LogP contribution in [-0.4, -0.2) is 15.0 Å². The maximum absolute atomic E-state index is 5.02. The summed E-state index contributed by atoms with van der Waals surface area (Å²) in [5.41, 5.74) is 12.3. The van der Waals surface area contributed by atoms with E-state index in [9.17, 15) is 0 Å². The van der Waals surface area contributed by atoms with Crippen LogP contribution in [0.15, 0.2) is 188 Å². The van der Waals surface area contributed by atoms with Crippen LogP contribution in [0.1, 0.15) is 22.3 Å². The second-order valence-corrected chi connectivity index (χ2v) is 12.4. The third kappa shape index (κ3) is 4.78. The lowest BCUT2D eigenvalue weighted by atomic mass is 9.67. The quantitative estimate of drug-likeness (QED) is 0.185. The molecule has 0 amide bonds. The highest BCUT2D eigenvalue weighted by atomic mass is 15.0. The Bertz CT molecular complexity index is 2320. The standard InChI is InChI=1S/C46H31N3/c1-5-17-32(18-6-1)43-47-44(33-19-7-2-8-20-33)49-45(48-43)35-22-15-21-34(31-35)38-28-16-30-41-42(38)39-27-13-14-29-40(39)46(41,36-23-9-3-10-24-36)37-25-11-4-12-26-37/h1-31H. The minimum Gasteiger partial charge on any atom is -0.208 e. The zero-order valence-corrected chi connectivity index (χ0v) is 26.7. The van der Waals surface area contributed by atoms with Gasteiger partial charge in [-0.1, -0.05) is 182 Å². The van der Waals surface area contributed by atoms with Gasteiger partial charge in [0.15, 0.2) is 17.5 Å². The molecule has 0 radical (unpaired) electrons. The fourth-order valence-electron chi connectivity index (χ4n) is 7.50. The summed E-state index contributed by atoms with van der Waals surface area (Å²) in [6, 6.07) is 66.4. The largest absolute Gasteiger partial charge is 0.208 e. The molecule has 9 rings (SSSR count). The predicted octanol–water partition coefficient (Wildman–Crippen LogP) is 10.9. The lowest BCUT2D eigenvalue weighted by Crippen LogP contribution is -2.28. The van der Waals surface area contributed by atoms with Crippen LogP contribution >= 0.6 is 0 Å². The molecular weight excluding hydrogens is 595 g/mol. The number of hydrogen-bond donors (Lipinski definition) is 0. The first-order valence-electron chi connectivity index (χ1n) is 16.6. The molecule has 8 aromatic rings. The Morgan fingerprint density at radius 2 is 0.714 bits per heavy atom. The summed E-state index contributed by atoms with van der Waals surface area (Å²) in [6.07, 6.45) is 0. The van der Waals surface area contributed by atoms with Crippen molar-refractivity contribution in [3.05, 3.63) is 210 Å². The zero-order valence-electron chi connectivity index (χ0n) is 26.7. The van der Waals surface area contributed by atoms with Gasteiger partial charge >= 0.3 is 0 Å². The minimum absolute atomic E-state index is 0.453. The van der Waals surface area contributed by atoms with Crippen LogP contribution in [0.5, 0.6) is 0 Å². The Kier molecular flexibility index (Phi) is 7.02. The number of hydrogen-bond acceptors (Lipinski definition) is 3. The average Bonchev–Trinajstić information content (AvgIpc) is 3.50. The molecule has 0 spiro atoms. The summed E-state index contributed by atoms with van der Waals surface area (Å²) in [5.74, 6) is 1.95. The van der Waals surface area contributed by atoms with E-state index in [0.717, 1.165) is 22.3 Å².